The molecule has 0 saturated carbocycles. The van der Waals surface area contributed by atoms with E-state index in [1.54, 1.807) is 0 Å². The Morgan fingerprint density at radius 3 is 2.50 bits per heavy atom. The summed E-state index contributed by atoms with van der Waals surface area (Å²) in [5, 5.41) is 3.04. The molecule has 2 aromatic carbocycles. The van der Waals surface area contributed by atoms with Crippen LogP contribution >= 0.6 is 0 Å². The third kappa shape index (κ3) is 5.78. The lowest BCUT2D eigenvalue weighted by Gasteiger charge is -2.38. The number of anilines is 1. The fraction of sp³-hybridized carbons (Fsp3) is 0.444. The van der Waals surface area contributed by atoms with Gasteiger partial charge in [-0.05, 0) is 55.5 Å². The molecule has 2 fully saturated rings. The molecule has 1 amide bonds. The Kier molecular flexibility index (Phi) is 7.28. The Hall–Kier alpha value is -2.63. The van der Waals surface area contributed by atoms with E-state index in [4.69, 9.17) is 4.74 Å². The molecular formula is C27H35N3O2. The topological polar surface area (TPSA) is 44.8 Å². The van der Waals surface area contributed by atoms with E-state index in [1.807, 2.05) is 30.3 Å². The highest BCUT2D eigenvalue weighted by atomic mass is 16.5. The van der Waals surface area contributed by atoms with Gasteiger partial charge in [0, 0.05) is 51.5 Å². The molecule has 2 saturated heterocycles. The van der Waals surface area contributed by atoms with Crippen LogP contribution in [-0.4, -0.2) is 62.8 Å². The van der Waals surface area contributed by atoms with Crippen LogP contribution in [0, 0.1) is 0 Å². The molecule has 1 N–H and O–H groups in total. The summed E-state index contributed by atoms with van der Waals surface area (Å²) in [6.45, 7) is 3.69. The third-order valence-corrected chi connectivity index (χ3v) is 6.72. The van der Waals surface area contributed by atoms with E-state index in [0.29, 0.717) is 12.1 Å². The van der Waals surface area contributed by atoms with Crippen LogP contribution in [0.5, 0.6) is 0 Å². The molecule has 32 heavy (non-hydrogen) atoms. The van der Waals surface area contributed by atoms with E-state index in [2.05, 4.69) is 65.6 Å². The van der Waals surface area contributed by atoms with Crippen molar-refractivity contribution in [2.24, 2.45) is 0 Å². The monoisotopic (exact) mass is 433 g/mol. The fourth-order valence-corrected chi connectivity index (χ4v) is 4.67. The van der Waals surface area contributed by atoms with Crippen LogP contribution in [0.4, 0.5) is 5.69 Å². The van der Waals surface area contributed by atoms with Gasteiger partial charge in [0.2, 0.25) is 0 Å². The Morgan fingerprint density at radius 2 is 1.81 bits per heavy atom. The molecule has 0 aliphatic carbocycles. The summed E-state index contributed by atoms with van der Waals surface area (Å²) in [4.78, 5) is 16.9. The van der Waals surface area contributed by atoms with Gasteiger partial charge in [0.1, 0.15) is 0 Å². The minimum atomic E-state index is -0.0203. The zero-order valence-electron chi connectivity index (χ0n) is 19.3. The molecule has 4 rings (SSSR count). The highest BCUT2D eigenvalue weighted by molar-refractivity contribution is 5.94. The van der Waals surface area contributed by atoms with Crippen molar-refractivity contribution in [2.45, 2.75) is 37.4 Å². The first kappa shape index (κ1) is 22.6. The molecule has 0 unspecified atom stereocenters. The highest BCUT2D eigenvalue weighted by Crippen LogP contribution is 2.38. The second-order valence-electron chi connectivity index (χ2n) is 9.23. The van der Waals surface area contributed by atoms with Gasteiger partial charge in [0.15, 0.2) is 0 Å². The number of nitrogens with one attached hydrogen (secondary N) is 1. The summed E-state index contributed by atoms with van der Waals surface area (Å²) >= 11 is 0. The number of amides is 1. The van der Waals surface area contributed by atoms with Crippen molar-refractivity contribution in [3.05, 3.63) is 71.8 Å². The van der Waals surface area contributed by atoms with E-state index < -0.39 is 0 Å². The van der Waals surface area contributed by atoms with E-state index >= 15 is 0 Å². The van der Waals surface area contributed by atoms with Gasteiger partial charge >= 0.3 is 0 Å². The Morgan fingerprint density at radius 1 is 1.09 bits per heavy atom. The number of piperidine rings is 1. The number of hydrogen-bond acceptors (Lipinski definition) is 4. The lowest BCUT2D eigenvalue weighted by molar-refractivity contribution is -0.0740. The molecule has 2 aliphatic rings. The lowest BCUT2D eigenvalue weighted by atomic mass is 9.88. The maximum Gasteiger partial charge on any atom is 0.251 e. The first-order valence-corrected chi connectivity index (χ1v) is 11.7. The van der Waals surface area contributed by atoms with Crippen LogP contribution in [-0.2, 0) is 4.74 Å². The first-order chi connectivity index (χ1) is 15.5. The zero-order valence-corrected chi connectivity index (χ0v) is 19.3. The van der Waals surface area contributed by atoms with Gasteiger partial charge in [-0.2, -0.15) is 0 Å². The second kappa shape index (κ2) is 10.3. The molecule has 2 aromatic rings. The number of carbonyl (C=O) groups excluding carboxylic acids is 1. The predicted octanol–water partition coefficient (Wildman–Crippen LogP) is 4.21. The molecule has 2 aliphatic heterocycles. The summed E-state index contributed by atoms with van der Waals surface area (Å²) in [5.41, 5.74) is 3.17. The van der Waals surface area contributed by atoms with Crippen molar-refractivity contribution < 1.29 is 9.53 Å². The molecule has 0 bridgehead atoms. The van der Waals surface area contributed by atoms with Crippen molar-refractivity contribution >= 4 is 17.7 Å². The van der Waals surface area contributed by atoms with Crippen molar-refractivity contribution in [3.63, 3.8) is 0 Å². The van der Waals surface area contributed by atoms with Gasteiger partial charge in [-0.1, -0.05) is 42.5 Å². The van der Waals surface area contributed by atoms with Crippen molar-refractivity contribution in [3.8, 4) is 0 Å². The first-order valence-electron chi connectivity index (χ1n) is 11.7. The van der Waals surface area contributed by atoms with Crippen molar-refractivity contribution in [2.75, 3.05) is 45.2 Å². The average molecular weight is 434 g/mol. The van der Waals surface area contributed by atoms with Gasteiger partial charge in [-0.15, -0.1) is 0 Å². The van der Waals surface area contributed by atoms with Crippen LogP contribution in [0.3, 0.4) is 0 Å². The van der Waals surface area contributed by atoms with Crippen LogP contribution < -0.4 is 10.2 Å². The fourth-order valence-electron chi connectivity index (χ4n) is 4.67. The number of rotatable bonds is 7. The summed E-state index contributed by atoms with van der Waals surface area (Å²) in [6, 6.07) is 18.0. The Balaban J connectivity index is 1.18. The number of likely N-dealkylation sites (tertiary alicyclic amines) is 1. The standard InChI is InChI=1S/C27H35N3O2/c1-29(2)24-12-10-22(11-13-24)7-6-18-30-19-16-27(17-20-30)15-14-25(32-27)21-28-26(31)23-8-4-3-5-9-23/h3-13,25H,14-21H2,1-2H3,(H,28,31)/b7-6+/t25-/m0/s1. The lowest BCUT2D eigenvalue weighted by Crippen LogP contribution is -2.45. The van der Waals surface area contributed by atoms with Crippen molar-refractivity contribution in [1.29, 1.82) is 0 Å². The van der Waals surface area contributed by atoms with Crippen LogP contribution in [0.25, 0.3) is 6.08 Å². The maximum atomic E-state index is 12.3. The quantitative estimate of drug-likeness (QED) is 0.711. The Labute approximate surface area is 192 Å². The van der Waals surface area contributed by atoms with E-state index in [-0.39, 0.29) is 17.6 Å². The smallest absolute Gasteiger partial charge is 0.251 e. The van der Waals surface area contributed by atoms with Crippen LogP contribution in [0.15, 0.2) is 60.7 Å². The number of benzene rings is 2. The summed E-state index contributed by atoms with van der Waals surface area (Å²) in [6.07, 6.45) is 8.86. The van der Waals surface area contributed by atoms with Crippen LogP contribution in [0.2, 0.25) is 0 Å². The summed E-state index contributed by atoms with van der Waals surface area (Å²) in [5.74, 6) is -0.0203. The van der Waals surface area contributed by atoms with Crippen LogP contribution in [0.1, 0.15) is 41.6 Å². The minimum absolute atomic E-state index is 0.00433. The molecule has 5 nitrogen and oxygen atoms in total. The highest BCUT2D eigenvalue weighted by Gasteiger charge is 2.42. The van der Waals surface area contributed by atoms with Gasteiger partial charge in [0.25, 0.3) is 5.91 Å². The number of nitrogens with zero attached hydrogens (tertiary/aromatic N) is 2. The van der Waals surface area contributed by atoms with Gasteiger partial charge in [0.05, 0.1) is 11.7 Å². The average Bonchev–Trinajstić information content (AvgIpc) is 3.22. The van der Waals surface area contributed by atoms with E-state index in [1.165, 1.54) is 11.3 Å². The molecule has 1 spiro atoms. The third-order valence-electron chi connectivity index (χ3n) is 6.72. The molecule has 1 atom stereocenters. The maximum absolute atomic E-state index is 12.3. The van der Waals surface area contributed by atoms with E-state index in [0.717, 1.165) is 45.3 Å². The van der Waals surface area contributed by atoms with Gasteiger partial charge in [-0.25, -0.2) is 0 Å². The molecule has 2 heterocycles. The molecule has 5 heteroatoms. The largest absolute Gasteiger partial charge is 0.378 e. The molecular weight excluding hydrogens is 398 g/mol. The number of carbonyl (C=O) groups is 1. The van der Waals surface area contributed by atoms with Gasteiger partial charge < -0.3 is 15.0 Å². The van der Waals surface area contributed by atoms with E-state index in [9.17, 15) is 4.79 Å². The molecule has 0 aromatic heterocycles. The number of hydrogen-bond donors (Lipinski definition) is 1. The van der Waals surface area contributed by atoms with Crippen molar-refractivity contribution in [1.82, 2.24) is 10.2 Å². The SMILES string of the molecule is CN(C)c1ccc(/C=C/CN2CCC3(CC[C@@H](CNC(=O)c4ccccc4)O3)CC2)cc1. The minimum Gasteiger partial charge on any atom is -0.378 e. The predicted molar refractivity (Wildman–Crippen MR) is 131 cm³/mol. The molecule has 170 valence electrons. The summed E-state index contributed by atoms with van der Waals surface area (Å²) < 4.78 is 6.47. The number of ether oxygens (including phenoxy) is 1. The summed E-state index contributed by atoms with van der Waals surface area (Å²) in [7, 11) is 4.12. The Bertz CT molecular complexity index is 900. The van der Waals surface area contributed by atoms with Gasteiger partial charge in [-0.3, -0.25) is 9.69 Å². The molecule has 0 radical (unpaired) electrons. The normalized spacial score (nSPS) is 20.6. The second-order valence-corrected chi connectivity index (χ2v) is 9.23. The zero-order chi connectivity index (χ0) is 22.4.